The van der Waals surface area contributed by atoms with E-state index in [9.17, 15) is 0 Å². The number of hydrogen-bond donors (Lipinski definition) is 1. The highest BCUT2D eigenvalue weighted by molar-refractivity contribution is 6.31. The van der Waals surface area contributed by atoms with Gasteiger partial charge < -0.3 is 5.32 Å². The lowest BCUT2D eigenvalue weighted by Gasteiger charge is -2.16. The highest BCUT2D eigenvalue weighted by Gasteiger charge is 2.25. The molecule has 1 unspecified atom stereocenters. The Bertz CT molecular complexity index is 774. The van der Waals surface area contributed by atoms with Crippen LogP contribution in [0.2, 0.25) is 5.02 Å². The summed E-state index contributed by atoms with van der Waals surface area (Å²) in [4.78, 5) is 0. The summed E-state index contributed by atoms with van der Waals surface area (Å²) < 4.78 is 3.81. The van der Waals surface area contributed by atoms with Gasteiger partial charge >= 0.3 is 0 Å². The Morgan fingerprint density at radius 3 is 2.81 bits per heavy atom. The lowest BCUT2D eigenvalue weighted by Crippen LogP contribution is -2.22. The van der Waals surface area contributed by atoms with E-state index in [-0.39, 0.29) is 6.04 Å². The molecule has 21 heavy (non-hydrogen) atoms. The van der Waals surface area contributed by atoms with Gasteiger partial charge in [0.1, 0.15) is 0 Å². The second kappa shape index (κ2) is 5.50. The summed E-state index contributed by atoms with van der Waals surface area (Å²) in [5.41, 5.74) is 3.02. The van der Waals surface area contributed by atoms with Crippen molar-refractivity contribution in [3.05, 3.63) is 46.9 Å². The second-order valence-corrected chi connectivity index (χ2v) is 5.35. The number of para-hydroxylation sites is 1. The fourth-order valence-corrected chi connectivity index (χ4v) is 3.02. The van der Waals surface area contributed by atoms with Crippen molar-refractivity contribution < 1.29 is 0 Å². The van der Waals surface area contributed by atoms with Crippen LogP contribution in [0.3, 0.4) is 0 Å². The number of rotatable bonds is 4. The van der Waals surface area contributed by atoms with E-state index in [0.29, 0.717) is 5.02 Å². The van der Waals surface area contributed by atoms with Gasteiger partial charge in [-0.15, -0.1) is 0 Å². The van der Waals surface area contributed by atoms with E-state index in [4.69, 9.17) is 11.6 Å². The molecule has 3 rings (SSSR count). The number of hydrogen-bond acceptors (Lipinski definition) is 3. The third-order valence-corrected chi connectivity index (χ3v) is 4.05. The molecule has 0 bridgehead atoms. The van der Waals surface area contributed by atoms with Gasteiger partial charge in [0.25, 0.3) is 0 Å². The number of nitrogens with one attached hydrogen (secondary N) is 1. The minimum atomic E-state index is -0.0916. The van der Waals surface area contributed by atoms with Gasteiger partial charge in [0.15, 0.2) is 0 Å². The first kappa shape index (κ1) is 14.1. The summed E-state index contributed by atoms with van der Waals surface area (Å²) in [7, 11) is 3.87. The van der Waals surface area contributed by atoms with Gasteiger partial charge in [0.2, 0.25) is 0 Å². The lowest BCUT2D eigenvalue weighted by atomic mass is 10.1. The Kier molecular flexibility index (Phi) is 3.69. The van der Waals surface area contributed by atoms with Crippen molar-refractivity contribution in [1.29, 1.82) is 0 Å². The van der Waals surface area contributed by atoms with Crippen molar-refractivity contribution in [2.75, 3.05) is 7.05 Å². The van der Waals surface area contributed by atoms with Crippen LogP contribution in [0.5, 0.6) is 0 Å². The molecule has 0 aliphatic rings. The quantitative estimate of drug-likeness (QED) is 0.806. The molecule has 0 aliphatic carbocycles. The molecule has 6 heteroatoms. The molecular weight excluding hydrogens is 286 g/mol. The number of aryl methyl sites for hydroxylation is 2. The molecule has 3 aromatic rings. The molecule has 0 saturated carbocycles. The summed E-state index contributed by atoms with van der Waals surface area (Å²) in [6.07, 6.45) is 1.69. The molecule has 1 N–H and O–H groups in total. The highest BCUT2D eigenvalue weighted by atomic mass is 35.5. The standard InChI is InChI=1S/C15H18ClN5/c1-4-21-15(11(16)9-18-21)14(17-2)13-10-7-5-6-8-12(10)20(3)19-13/h5-9,14,17H,4H2,1-3H3. The Hall–Kier alpha value is -1.85. The van der Waals surface area contributed by atoms with Crippen LogP contribution in [0, 0.1) is 0 Å². The van der Waals surface area contributed by atoms with Gasteiger partial charge in [-0.1, -0.05) is 29.8 Å². The summed E-state index contributed by atoms with van der Waals surface area (Å²) in [5.74, 6) is 0. The van der Waals surface area contributed by atoms with E-state index >= 15 is 0 Å². The maximum Gasteiger partial charge on any atom is 0.0959 e. The maximum atomic E-state index is 6.35. The molecule has 2 aromatic heterocycles. The monoisotopic (exact) mass is 303 g/mol. The minimum absolute atomic E-state index is 0.0916. The molecule has 0 saturated heterocycles. The SMILES string of the molecule is CCn1ncc(Cl)c1C(NC)c1nn(C)c2ccccc12. The van der Waals surface area contributed by atoms with Gasteiger partial charge in [-0.25, -0.2) is 0 Å². The van der Waals surface area contributed by atoms with E-state index in [1.165, 1.54) is 0 Å². The zero-order valence-electron chi connectivity index (χ0n) is 12.3. The van der Waals surface area contributed by atoms with Crippen LogP contribution in [0.4, 0.5) is 0 Å². The van der Waals surface area contributed by atoms with Gasteiger partial charge in [-0.2, -0.15) is 10.2 Å². The van der Waals surface area contributed by atoms with Crippen LogP contribution in [0.25, 0.3) is 10.9 Å². The van der Waals surface area contributed by atoms with Gasteiger partial charge in [0, 0.05) is 19.0 Å². The van der Waals surface area contributed by atoms with Gasteiger partial charge in [-0.3, -0.25) is 9.36 Å². The molecule has 0 aliphatic heterocycles. The first-order valence-corrected chi connectivity index (χ1v) is 7.35. The van der Waals surface area contributed by atoms with E-state index < -0.39 is 0 Å². The lowest BCUT2D eigenvalue weighted by molar-refractivity contribution is 0.552. The predicted octanol–water partition coefficient (Wildman–Crippen LogP) is 2.75. The Labute approximate surface area is 128 Å². The highest BCUT2D eigenvalue weighted by Crippen LogP contribution is 2.31. The topological polar surface area (TPSA) is 47.7 Å². The molecule has 0 fully saturated rings. The van der Waals surface area contributed by atoms with Crippen LogP contribution in [0.15, 0.2) is 30.5 Å². The maximum absolute atomic E-state index is 6.35. The smallest absolute Gasteiger partial charge is 0.0959 e. The van der Waals surface area contributed by atoms with Crippen LogP contribution < -0.4 is 5.32 Å². The third kappa shape index (κ3) is 2.22. The Balaban J connectivity index is 2.21. The average Bonchev–Trinajstić information content (AvgIpc) is 3.03. The summed E-state index contributed by atoms with van der Waals surface area (Å²) in [6, 6.07) is 8.11. The fraction of sp³-hybridized carbons (Fsp3) is 0.333. The number of nitrogens with zero attached hydrogens (tertiary/aromatic N) is 4. The van der Waals surface area contributed by atoms with Crippen LogP contribution >= 0.6 is 11.6 Å². The van der Waals surface area contributed by atoms with Gasteiger partial charge in [0.05, 0.1) is 34.2 Å². The minimum Gasteiger partial charge on any atom is -0.307 e. The molecule has 2 heterocycles. The first-order valence-electron chi connectivity index (χ1n) is 6.97. The molecule has 5 nitrogen and oxygen atoms in total. The zero-order valence-corrected chi connectivity index (χ0v) is 13.1. The number of aromatic nitrogens is 4. The van der Waals surface area contributed by atoms with E-state index in [1.54, 1.807) is 6.20 Å². The van der Waals surface area contributed by atoms with Crippen LogP contribution in [-0.4, -0.2) is 26.6 Å². The zero-order chi connectivity index (χ0) is 15.0. The van der Waals surface area contributed by atoms with Crippen molar-refractivity contribution >= 4 is 22.5 Å². The first-order chi connectivity index (χ1) is 10.2. The molecule has 1 aromatic carbocycles. The number of fused-ring (bicyclic) bond motifs is 1. The Morgan fingerprint density at radius 2 is 2.10 bits per heavy atom. The van der Waals surface area contributed by atoms with Crippen molar-refractivity contribution in [2.45, 2.75) is 19.5 Å². The Morgan fingerprint density at radius 1 is 1.33 bits per heavy atom. The summed E-state index contributed by atoms with van der Waals surface area (Å²) in [6.45, 7) is 2.82. The number of halogens is 1. The normalized spacial score (nSPS) is 13.0. The number of benzene rings is 1. The van der Waals surface area contributed by atoms with E-state index in [1.807, 2.05) is 35.6 Å². The molecule has 1 atom stereocenters. The van der Waals surface area contributed by atoms with Crippen LogP contribution in [-0.2, 0) is 13.6 Å². The molecule has 0 spiro atoms. The van der Waals surface area contributed by atoms with Crippen molar-refractivity contribution in [3.8, 4) is 0 Å². The van der Waals surface area contributed by atoms with Crippen molar-refractivity contribution in [2.24, 2.45) is 7.05 Å². The summed E-state index contributed by atoms with van der Waals surface area (Å²) in [5, 5.41) is 14.1. The second-order valence-electron chi connectivity index (χ2n) is 4.94. The largest absolute Gasteiger partial charge is 0.307 e. The van der Waals surface area contributed by atoms with Crippen molar-refractivity contribution in [3.63, 3.8) is 0 Å². The fourth-order valence-electron chi connectivity index (χ4n) is 2.77. The molecule has 110 valence electrons. The van der Waals surface area contributed by atoms with E-state index in [0.717, 1.165) is 28.8 Å². The average molecular weight is 304 g/mol. The van der Waals surface area contributed by atoms with Crippen molar-refractivity contribution in [1.82, 2.24) is 24.9 Å². The molecular formula is C15H18ClN5. The molecule has 0 amide bonds. The third-order valence-electron chi connectivity index (χ3n) is 3.75. The molecule has 0 radical (unpaired) electrons. The van der Waals surface area contributed by atoms with E-state index in [2.05, 4.69) is 34.6 Å². The predicted molar refractivity (Wildman–Crippen MR) is 84.5 cm³/mol. The van der Waals surface area contributed by atoms with Crippen LogP contribution in [0.1, 0.15) is 24.4 Å². The summed E-state index contributed by atoms with van der Waals surface area (Å²) >= 11 is 6.35. The van der Waals surface area contributed by atoms with Gasteiger partial charge in [-0.05, 0) is 20.0 Å².